The van der Waals surface area contributed by atoms with Gasteiger partial charge in [-0.05, 0) is 17.5 Å². The van der Waals surface area contributed by atoms with Crippen LogP contribution in [0.25, 0.3) is 0 Å². The van der Waals surface area contributed by atoms with Crippen LogP contribution in [-0.2, 0) is 27.4 Å². The quantitative estimate of drug-likeness (QED) is 0.769. The molecule has 5 atom stereocenters. The smallest absolute Gasteiger partial charge is 0.407 e. The molecule has 0 radical (unpaired) electrons. The molecule has 2 fully saturated rings. The summed E-state index contributed by atoms with van der Waals surface area (Å²) in [5.74, 6) is -0.168. The Morgan fingerprint density at radius 2 is 1.50 bits per heavy atom. The van der Waals surface area contributed by atoms with Crippen LogP contribution in [0.4, 0.5) is 4.79 Å². The molecule has 1 saturated carbocycles. The number of fused-ring (bicyclic) bond motifs is 1. The first-order valence-electron chi connectivity index (χ1n) is 9.63. The molecule has 1 amide bonds. The predicted molar refractivity (Wildman–Crippen MR) is 102 cm³/mol. The first-order valence-corrected chi connectivity index (χ1v) is 9.63. The number of hydrogen-bond donors (Lipinski definition) is 2. The lowest BCUT2D eigenvalue weighted by molar-refractivity contribution is -0.158. The fourth-order valence-corrected chi connectivity index (χ4v) is 4.01. The van der Waals surface area contributed by atoms with Gasteiger partial charge in [-0.25, -0.2) is 4.79 Å². The Labute approximate surface area is 164 Å². The van der Waals surface area contributed by atoms with Crippen molar-refractivity contribution in [1.29, 1.82) is 0 Å². The number of alkyl carbamates (subject to hydrolysis) is 1. The standard InChI is InChI=1S/C22H25NO5/c24-12-17-11-18-19(23-22(25)28-18)21(27-14-16-9-5-2-6-10-16)20(17)26-13-15-7-3-1-4-8-15/h1-10,17-21,24H,11-14H2,(H,23,25). The van der Waals surface area contributed by atoms with Gasteiger partial charge in [0.2, 0.25) is 0 Å². The number of aliphatic hydroxyl groups excluding tert-OH is 1. The predicted octanol–water partition coefficient (Wildman–Crippen LogP) is 2.65. The van der Waals surface area contributed by atoms with Crippen LogP contribution in [0.15, 0.2) is 60.7 Å². The lowest BCUT2D eigenvalue weighted by Crippen LogP contribution is -2.58. The first-order chi connectivity index (χ1) is 13.7. The van der Waals surface area contributed by atoms with E-state index in [1.807, 2.05) is 60.7 Å². The second-order valence-electron chi connectivity index (χ2n) is 7.31. The van der Waals surface area contributed by atoms with E-state index in [4.69, 9.17) is 14.2 Å². The van der Waals surface area contributed by atoms with Gasteiger partial charge in [0.1, 0.15) is 12.2 Å². The molecule has 2 aromatic rings. The zero-order valence-electron chi connectivity index (χ0n) is 15.6. The van der Waals surface area contributed by atoms with Gasteiger partial charge in [0.05, 0.1) is 25.4 Å². The number of aliphatic hydroxyl groups is 1. The van der Waals surface area contributed by atoms with Gasteiger partial charge in [-0.3, -0.25) is 0 Å². The molecule has 4 rings (SSSR count). The Morgan fingerprint density at radius 3 is 2.07 bits per heavy atom. The van der Waals surface area contributed by atoms with Gasteiger partial charge in [-0.2, -0.15) is 0 Å². The minimum absolute atomic E-state index is 0.0502. The van der Waals surface area contributed by atoms with Gasteiger partial charge in [0.25, 0.3) is 0 Å². The molecular weight excluding hydrogens is 358 g/mol. The number of amides is 1. The van der Waals surface area contributed by atoms with Crippen molar-refractivity contribution >= 4 is 6.09 Å². The molecule has 2 aliphatic rings. The molecule has 1 aliphatic heterocycles. The summed E-state index contributed by atoms with van der Waals surface area (Å²) < 4.78 is 17.9. The zero-order valence-corrected chi connectivity index (χ0v) is 15.6. The highest BCUT2D eigenvalue weighted by Crippen LogP contribution is 2.35. The van der Waals surface area contributed by atoms with Crippen molar-refractivity contribution in [3.05, 3.63) is 71.8 Å². The third-order valence-corrected chi connectivity index (χ3v) is 5.43. The van der Waals surface area contributed by atoms with Crippen LogP contribution in [0.1, 0.15) is 17.5 Å². The highest BCUT2D eigenvalue weighted by molar-refractivity contribution is 5.70. The average molecular weight is 383 g/mol. The Bertz CT molecular complexity index is 769. The normalized spacial score (nSPS) is 29.0. The second kappa shape index (κ2) is 8.73. The van der Waals surface area contributed by atoms with Gasteiger partial charge in [0.15, 0.2) is 0 Å². The maximum Gasteiger partial charge on any atom is 0.407 e. The SMILES string of the molecule is O=C1NC2C(CC(CO)C(OCc3ccccc3)C2OCc2ccccc2)O1. The number of nitrogens with one attached hydrogen (secondary N) is 1. The van der Waals surface area contributed by atoms with Gasteiger partial charge in [0, 0.05) is 12.5 Å². The van der Waals surface area contributed by atoms with Crippen LogP contribution in [0.3, 0.4) is 0 Å². The molecule has 0 spiro atoms. The molecule has 1 saturated heterocycles. The largest absolute Gasteiger partial charge is 0.444 e. The summed E-state index contributed by atoms with van der Waals surface area (Å²) in [5, 5.41) is 12.8. The maximum absolute atomic E-state index is 11.8. The summed E-state index contributed by atoms with van der Waals surface area (Å²) in [7, 11) is 0. The van der Waals surface area contributed by atoms with Crippen LogP contribution < -0.4 is 5.32 Å². The topological polar surface area (TPSA) is 77.0 Å². The van der Waals surface area contributed by atoms with Gasteiger partial charge < -0.3 is 24.6 Å². The van der Waals surface area contributed by atoms with Crippen LogP contribution in [0.2, 0.25) is 0 Å². The van der Waals surface area contributed by atoms with Crippen molar-refractivity contribution in [2.45, 2.75) is 44.0 Å². The second-order valence-corrected chi connectivity index (χ2v) is 7.31. The summed E-state index contributed by atoms with van der Waals surface area (Å²) >= 11 is 0. The lowest BCUT2D eigenvalue weighted by Gasteiger charge is -2.42. The molecule has 5 unspecified atom stereocenters. The number of hydrogen-bond acceptors (Lipinski definition) is 5. The van der Waals surface area contributed by atoms with Crippen molar-refractivity contribution in [3.8, 4) is 0 Å². The van der Waals surface area contributed by atoms with E-state index in [0.717, 1.165) is 11.1 Å². The van der Waals surface area contributed by atoms with Crippen LogP contribution in [-0.4, -0.2) is 42.2 Å². The monoisotopic (exact) mass is 383 g/mol. The molecule has 6 nitrogen and oxygen atoms in total. The van der Waals surface area contributed by atoms with Gasteiger partial charge in [-0.15, -0.1) is 0 Å². The van der Waals surface area contributed by atoms with E-state index in [-0.39, 0.29) is 30.8 Å². The fraction of sp³-hybridized carbons (Fsp3) is 0.409. The van der Waals surface area contributed by atoms with E-state index in [9.17, 15) is 9.90 Å². The molecule has 0 aromatic heterocycles. The van der Waals surface area contributed by atoms with E-state index >= 15 is 0 Å². The van der Waals surface area contributed by atoms with Crippen LogP contribution in [0.5, 0.6) is 0 Å². The molecule has 2 N–H and O–H groups in total. The highest BCUT2D eigenvalue weighted by atomic mass is 16.6. The Hall–Kier alpha value is -2.41. The fourth-order valence-electron chi connectivity index (χ4n) is 4.01. The van der Waals surface area contributed by atoms with E-state index in [1.54, 1.807) is 0 Å². The average Bonchev–Trinajstić information content (AvgIpc) is 3.11. The lowest BCUT2D eigenvalue weighted by atomic mass is 9.79. The van der Waals surface area contributed by atoms with E-state index in [1.165, 1.54) is 0 Å². The summed E-state index contributed by atoms with van der Waals surface area (Å²) in [6.45, 7) is 0.763. The number of ether oxygens (including phenoxy) is 3. The Morgan fingerprint density at radius 1 is 0.929 bits per heavy atom. The highest BCUT2D eigenvalue weighted by Gasteiger charge is 2.51. The summed E-state index contributed by atoms with van der Waals surface area (Å²) in [6.07, 6.45) is -0.973. The summed E-state index contributed by atoms with van der Waals surface area (Å²) in [4.78, 5) is 11.8. The summed E-state index contributed by atoms with van der Waals surface area (Å²) in [6, 6.07) is 19.5. The van der Waals surface area contributed by atoms with Gasteiger partial charge in [-0.1, -0.05) is 60.7 Å². The molecule has 1 heterocycles. The minimum Gasteiger partial charge on any atom is -0.444 e. The van der Waals surface area contributed by atoms with E-state index in [2.05, 4.69) is 5.32 Å². The molecule has 1 aliphatic carbocycles. The minimum atomic E-state index is -0.441. The van der Waals surface area contributed by atoms with Crippen LogP contribution >= 0.6 is 0 Å². The molecule has 2 aromatic carbocycles. The Kier molecular flexibility index (Phi) is 5.90. The van der Waals surface area contributed by atoms with Crippen LogP contribution in [0, 0.1) is 5.92 Å². The first kappa shape index (κ1) is 18.9. The number of benzene rings is 2. The zero-order chi connectivity index (χ0) is 19.3. The number of carbonyl (C=O) groups is 1. The molecule has 0 bridgehead atoms. The Balaban J connectivity index is 1.52. The maximum atomic E-state index is 11.8. The van der Waals surface area contributed by atoms with Crippen molar-refractivity contribution in [1.82, 2.24) is 5.32 Å². The summed E-state index contributed by atoms with van der Waals surface area (Å²) in [5.41, 5.74) is 2.09. The van der Waals surface area contributed by atoms with Crippen molar-refractivity contribution < 1.29 is 24.1 Å². The molecule has 6 heteroatoms. The van der Waals surface area contributed by atoms with E-state index < -0.39 is 12.2 Å². The third-order valence-electron chi connectivity index (χ3n) is 5.43. The van der Waals surface area contributed by atoms with Crippen molar-refractivity contribution in [2.75, 3.05) is 6.61 Å². The number of rotatable bonds is 7. The molecule has 148 valence electrons. The third kappa shape index (κ3) is 4.19. The van der Waals surface area contributed by atoms with Gasteiger partial charge >= 0.3 is 6.09 Å². The molecule has 28 heavy (non-hydrogen) atoms. The van der Waals surface area contributed by atoms with Crippen molar-refractivity contribution in [2.24, 2.45) is 5.92 Å². The molecular formula is C22H25NO5. The number of carbonyl (C=O) groups excluding carboxylic acids is 1. The van der Waals surface area contributed by atoms with E-state index in [0.29, 0.717) is 19.6 Å². The van der Waals surface area contributed by atoms with Crippen molar-refractivity contribution in [3.63, 3.8) is 0 Å².